The average Bonchev–Trinajstić information content (AvgIpc) is 3.45. The zero-order chi connectivity index (χ0) is 28.9. The highest BCUT2D eigenvalue weighted by Gasteiger charge is 2.34. The zero-order valence-corrected chi connectivity index (χ0v) is 25.8. The number of nitrogens with one attached hydrogen (secondary N) is 1. The van der Waals surface area contributed by atoms with E-state index in [0.29, 0.717) is 5.02 Å². The Bertz CT molecular complexity index is 1450. The highest BCUT2D eigenvalue weighted by Crippen LogP contribution is 2.33. The van der Waals surface area contributed by atoms with Gasteiger partial charge >= 0.3 is 0 Å². The van der Waals surface area contributed by atoms with E-state index in [1.807, 2.05) is 24.3 Å². The molecule has 4 rings (SSSR count). The molecule has 0 saturated heterocycles. The molecule has 1 unspecified atom stereocenters. The summed E-state index contributed by atoms with van der Waals surface area (Å²) in [6, 6.07) is 18.8. The second kappa shape index (κ2) is 13.4. The van der Waals surface area contributed by atoms with E-state index in [4.69, 9.17) is 23.2 Å². The van der Waals surface area contributed by atoms with Crippen LogP contribution in [0.25, 0.3) is 0 Å². The molecular formula is C29H30BrCl2N3O4S. The Kier molecular flexibility index (Phi) is 10.2. The van der Waals surface area contributed by atoms with Gasteiger partial charge in [-0.1, -0.05) is 82.3 Å². The lowest BCUT2D eigenvalue weighted by atomic mass is 10.1. The van der Waals surface area contributed by atoms with Crippen molar-refractivity contribution in [2.24, 2.45) is 0 Å². The number of anilines is 1. The molecule has 1 fully saturated rings. The van der Waals surface area contributed by atoms with E-state index < -0.39 is 28.5 Å². The van der Waals surface area contributed by atoms with Crippen LogP contribution >= 0.6 is 39.1 Å². The molecule has 0 spiro atoms. The highest BCUT2D eigenvalue weighted by molar-refractivity contribution is 9.10. The predicted octanol–water partition coefficient (Wildman–Crippen LogP) is 6.43. The van der Waals surface area contributed by atoms with E-state index in [2.05, 4.69) is 21.2 Å². The first-order valence-electron chi connectivity index (χ1n) is 12.9. The van der Waals surface area contributed by atoms with Gasteiger partial charge in [-0.25, -0.2) is 8.42 Å². The first-order valence-corrected chi connectivity index (χ1v) is 15.9. The zero-order valence-electron chi connectivity index (χ0n) is 21.9. The fourth-order valence-electron chi connectivity index (χ4n) is 4.68. The van der Waals surface area contributed by atoms with Crippen LogP contribution in [0.3, 0.4) is 0 Å². The maximum Gasteiger partial charge on any atom is 0.264 e. The lowest BCUT2D eigenvalue weighted by Crippen LogP contribution is -2.52. The van der Waals surface area contributed by atoms with E-state index in [0.717, 1.165) is 40.0 Å². The first-order chi connectivity index (χ1) is 19.1. The molecule has 1 N–H and O–H groups in total. The molecule has 212 valence electrons. The van der Waals surface area contributed by atoms with E-state index in [1.165, 1.54) is 35.2 Å². The quantitative estimate of drug-likeness (QED) is 0.270. The number of nitrogens with zero attached hydrogens (tertiary/aromatic N) is 2. The van der Waals surface area contributed by atoms with Gasteiger partial charge in [0, 0.05) is 22.1 Å². The summed E-state index contributed by atoms with van der Waals surface area (Å²) >= 11 is 15.9. The van der Waals surface area contributed by atoms with Crippen LogP contribution < -0.4 is 9.62 Å². The molecular weight excluding hydrogens is 637 g/mol. The molecule has 11 heteroatoms. The number of hydrogen-bond acceptors (Lipinski definition) is 4. The van der Waals surface area contributed by atoms with Crippen LogP contribution in [0.4, 0.5) is 5.69 Å². The molecule has 0 aliphatic heterocycles. The maximum atomic E-state index is 14.0. The lowest BCUT2D eigenvalue weighted by Gasteiger charge is -2.32. The Labute approximate surface area is 253 Å². The summed E-state index contributed by atoms with van der Waals surface area (Å²) in [7, 11) is -4.21. The Hall–Kier alpha value is -2.59. The molecule has 3 aromatic carbocycles. The summed E-state index contributed by atoms with van der Waals surface area (Å²) < 4.78 is 29.5. The molecule has 1 saturated carbocycles. The molecule has 7 nitrogen and oxygen atoms in total. The van der Waals surface area contributed by atoms with Crippen molar-refractivity contribution < 1.29 is 18.0 Å². The van der Waals surface area contributed by atoms with Gasteiger partial charge in [0.1, 0.15) is 12.6 Å². The molecule has 0 radical (unpaired) electrons. The largest absolute Gasteiger partial charge is 0.352 e. The molecule has 1 aliphatic carbocycles. The fourth-order valence-corrected chi connectivity index (χ4v) is 6.96. The van der Waals surface area contributed by atoms with Gasteiger partial charge in [-0.15, -0.1) is 0 Å². The summed E-state index contributed by atoms with van der Waals surface area (Å²) in [5.74, 6) is -0.832. The molecule has 0 heterocycles. The molecule has 0 bridgehead atoms. The van der Waals surface area contributed by atoms with Crippen LogP contribution in [0, 0.1) is 0 Å². The van der Waals surface area contributed by atoms with Gasteiger partial charge in [-0.05, 0) is 67.8 Å². The smallest absolute Gasteiger partial charge is 0.264 e. The highest BCUT2D eigenvalue weighted by atomic mass is 79.9. The first kappa shape index (κ1) is 30.4. The van der Waals surface area contributed by atoms with Crippen molar-refractivity contribution >= 4 is 66.7 Å². The van der Waals surface area contributed by atoms with Gasteiger partial charge in [-0.3, -0.25) is 13.9 Å². The minimum absolute atomic E-state index is 0.000279. The fraction of sp³-hybridized carbons (Fsp3) is 0.310. The normalized spacial score (nSPS) is 14.5. The Morgan fingerprint density at radius 2 is 1.65 bits per heavy atom. The van der Waals surface area contributed by atoms with Crippen LogP contribution in [0.1, 0.15) is 38.2 Å². The molecule has 1 aliphatic rings. The van der Waals surface area contributed by atoms with Crippen LogP contribution in [-0.4, -0.2) is 43.8 Å². The number of halogens is 3. The lowest BCUT2D eigenvalue weighted by molar-refractivity contribution is -0.139. The van der Waals surface area contributed by atoms with Crippen LogP contribution in [-0.2, 0) is 26.2 Å². The van der Waals surface area contributed by atoms with E-state index >= 15 is 0 Å². The van der Waals surface area contributed by atoms with Crippen LogP contribution in [0.2, 0.25) is 10.0 Å². The molecule has 3 aromatic rings. The SMILES string of the molecule is CC(C(=O)NC1CCCC1)N(Cc1ccc(Br)cc1)C(=O)CN(c1ccc(Cl)cc1Cl)S(=O)(=O)c1ccccc1. The van der Waals surface area contributed by atoms with E-state index in [-0.39, 0.29) is 34.1 Å². The number of amides is 2. The van der Waals surface area contributed by atoms with Crippen molar-refractivity contribution in [2.75, 3.05) is 10.8 Å². The second-order valence-corrected chi connectivity index (χ2v) is 13.4. The van der Waals surface area contributed by atoms with E-state index in [9.17, 15) is 18.0 Å². The Morgan fingerprint density at radius 1 is 1.00 bits per heavy atom. The third-order valence-corrected chi connectivity index (χ3v) is 9.76. The standard InChI is InChI=1S/C29H30BrCl2N3O4S/c1-20(29(37)33-24-7-5-6-8-24)34(18-21-11-13-22(30)14-12-21)28(36)19-35(27-16-15-23(31)17-26(27)32)40(38,39)25-9-3-2-4-10-25/h2-4,9-17,20,24H,5-8,18-19H2,1H3,(H,33,37). The molecule has 0 aromatic heterocycles. The average molecular weight is 667 g/mol. The number of carbonyl (C=O) groups excluding carboxylic acids is 2. The van der Waals surface area contributed by atoms with Gasteiger partial charge in [0.15, 0.2) is 0 Å². The van der Waals surface area contributed by atoms with Crippen molar-refractivity contribution in [2.45, 2.75) is 56.1 Å². The third-order valence-electron chi connectivity index (χ3n) is 6.92. The van der Waals surface area contributed by atoms with Crippen LogP contribution in [0.15, 0.2) is 82.2 Å². The molecule has 2 amide bonds. The second-order valence-electron chi connectivity index (χ2n) is 9.73. The number of rotatable bonds is 10. The summed E-state index contributed by atoms with van der Waals surface area (Å²) in [6.45, 7) is 1.20. The third kappa shape index (κ3) is 7.37. The Balaban J connectivity index is 1.70. The molecule has 1 atom stereocenters. The summed E-state index contributed by atoms with van der Waals surface area (Å²) in [4.78, 5) is 28.7. The summed E-state index contributed by atoms with van der Waals surface area (Å²) in [5, 5.41) is 3.46. The Morgan fingerprint density at radius 3 is 2.27 bits per heavy atom. The van der Waals surface area contributed by atoms with Crippen molar-refractivity contribution in [3.05, 3.63) is 92.9 Å². The van der Waals surface area contributed by atoms with E-state index in [1.54, 1.807) is 25.1 Å². The minimum Gasteiger partial charge on any atom is -0.352 e. The maximum absolute atomic E-state index is 14.0. The number of hydrogen-bond donors (Lipinski definition) is 1. The van der Waals surface area contributed by atoms with Crippen molar-refractivity contribution in [1.82, 2.24) is 10.2 Å². The monoisotopic (exact) mass is 665 g/mol. The number of sulfonamides is 1. The molecule has 40 heavy (non-hydrogen) atoms. The van der Waals surface area contributed by atoms with Gasteiger partial charge in [0.25, 0.3) is 10.0 Å². The van der Waals surface area contributed by atoms with Crippen molar-refractivity contribution in [3.8, 4) is 0 Å². The number of benzene rings is 3. The predicted molar refractivity (Wildman–Crippen MR) is 162 cm³/mol. The van der Waals surface area contributed by atoms with Crippen molar-refractivity contribution in [1.29, 1.82) is 0 Å². The topological polar surface area (TPSA) is 86.8 Å². The van der Waals surface area contributed by atoms with Crippen molar-refractivity contribution in [3.63, 3.8) is 0 Å². The van der Waals surface area contributed by atoms with Crippen LogP contribution in [0.5, 0.6) is 0 Å². The minimum atomic E-state index is -4.21. The van der Waals surface area contributed by atoms with Gasteiger partial charge < -0.3 is 10.2 Å². The number of carbonyl (C=O) groups is 2. The van der Waals surface area contributed by atoms with Gasteiger partial charge in [0.2, 0.25) is 11.8 Å². The summed E-state index contributed by atoms with van der Waals surface area (Å²) in [6.07, 6.45) is 3.90. The van der Waals surface area contributed by atoms with Gasteiger partial charge in [0.05, 0.1) is 15.6 Å². The summed E-state index contributed by atoms with van der Waals surface area (Å²) in [5.41, 5.74) is 0.897. The van der Waals surface area contributed by atoms with Gasteiger partial charge in [-0.2, -0.15) is 0 Å².